The van der Waals surface area contributed by atoms with Gasteiger partial charge in [-0.2, -0.15) is 0 Å². The SMILES string of the molecule is CCc1nc2cccnc2n1-c1ccc(C(=O)NCC2CCCN2CC)cc1. The molecule has 6 heteroatoms. The molecule has 1 unspecified atom stereocenters. The first-order valence-electron chi connectivity index (χ1n) is 10.2. The van der Waals surface area contributed by atoms with Crippen LogP contribution in [-0.4, -0.2) is 51.0 Å². The number of imidazole rings is 1. The Morgan fingerprint density at radius 3 is 2.79 bits per heavy atom. The van der Waals surface area contributed by atoms with Gasteiger partial charge in [-0.1, -0.05) is 13.8 Å². The summed E-state index contributed by atoms with van der Waals surface area (Å²) in [6.45, 7) is 7.16. The molecule has 1 saturated heterocycles. The zero-order valence-electron chi connectivity index (χ0n) is 16.6. The number of aromatic nitrogens is 3. The monoisotopic (exact) mass is 377 g/mol. The molecule has 1 aromatic carbocycles. The van der Waals surface area contributed by atoms with E-state index < -0.39 is 0 Å². The van der Waals surface area contributed by atoms with Gasteiger partial charge in [-0.25, -0.2) is 9.97 Å². The van der Waals surface area contributed by atoms with Crippen LogP contribution < -0.4 is 5.32 Å². The maximum Gasteiger partial charge on any atom is 0.251 e. The van der Waals surface area contributed by atoms with Crippen LogP contribution in [0.4, 0.5) is 0 Å². The van der Waals surface area contributed by atoms with Crippen LogP contribution in [0, 0.1) is 0 Å². The second-order valence-electron chi connectivity index (χ2n) is 7.24. The highest BCUT2D eigenvalue weighted by Crippen LogP contribution is 2.21. The van der Waals surface area contributed by atoms with E-state index in [1.54, 1.807) is 6.20 Å². The van der Waals surface area contributed by atoms with Crippen LogP contribution in [0.5, 0.6) is 0 Å². The number of nitrogens with zero attached hydrogens (tertiary/aromatic N) is 4. The third-order valence-electron chi connectivity index (χ3n) is 5.59. The summed E-state index contributed by atoms with van der Waals surface area (Å²) in [5.74, 6) is 0.950. The summed E-state index contributed by atoms with van der Waals surface area (Å²) in [6, 6.07) is 12.0. The first-order valence-corrected chi connectivity index (χ1v) is 10.2. The minimum absolute atomic E-state index is 0.0150. The lowest BCUT2D eigenvalue weighted by Gasteiger charge is -2.22. The second-order valence-corrected chi connectivity index (χ2v) is 7.24. The Bertz CT molecular complexity index is 963. The van der Waals surface area contributed by atoms with Gasteiger partial charge >= 0.3 is 0 Å². The first kappa shape index (κ1) is 18.6. The number of carbonyl (C=O) groups excluding carboxylic acids is 1. The van der Waals surface area contributed by atoms with Gasteiger partial charge in [0, 0.05) is 36.5 Å². The number of amides is 1. The van der Waals surface area contributed by atoms with Crippen molar-refractivity contribution in [1.82, 2.24) is 24.8 Å². The van der Waals surface area contributed by atoms with Crippen molar-refractivity contribution in [1.29, 1.82) is 0 Å². The number of likely N-dealkylation sites (N-methyl/N-ethyl adjacent to an activating group) is 1. The molecule has 1 fully saturated rings. The van der Waals surface area contributed by atoms with Crippen LogP contribution in [0.25, 0.3) is 16.9 Å². The smallest absolute Gasteiger partial charge is 0.251 e. The minimum atomic E-state index is -0.0150. The van der Waals surface area contributed by atoms with E-state index in [2.05, 4.69) is 38.6 Å². The molecule has 4 rings (SSSR count). The first-order chi connectivity index (χ1) is 13.7. The summed E-state index contributed by atoms with van der Waals surface area (Å²) in [6.07, 6.45) is 4.97. The summed E-state index contributed by atoms with van der Waals surface area (Å²) in [5, 5.41) is 3.10. The van der Waals surface area contributed by atoms with Crippen molar-refractivity contribution in [3.8, 4) is 5.69 Å². The molecule has 2 aromatic heterocycles. The van der Waals surface area contributed by atoms with E-state index in [4.69, 9.17) is 0 Å². The molecule has 28 heavy (non-hydrogen) atoms. The van der Waals surface area contributed by atoms with Crippen LogP contribution in [0.15, 0.2) is 42.6 Å². The van der Waals surface area contributed by atoms with Crippen molar-refractivity contribution in [3.05, 3.63) is 54.0 Å². The van der Waals surface area contributed by atoms with E-state index in [0.717, 1.165) is 48.6 Å². The van der Waals surface area contributed by atoms with Crippen molar-refractivity contribution < 1.29 is 4.79 Å². The Hall–Kier alpha value is -2.73. The van der Waals surface area contributed by atoms with Gasteiger partial charge < -0.3 is 5.32 Å². The maximum absolute atomic E-state index is 12.6. The summed E-state index contributed by atoms with van der Waals surface area (Å²) in [5.41, 5.74) is 3.39. The van der Waals surface area contributed by atoms with Crippen molar-refractivity contribution >= 4 is 17.1 Å². The van der Waals surface area contributed by atoms with Crippen LogP contribution in [0.1, 0.15) is 42.9 Å². The number of nitrogens with one attached hydrogen (secondary N) is 1. The molecular formula is C22H27N5O. The lowest BCUT2D eigenvalue weighted by atomic mass is 10.1. The average molecular weight is 377 g/mol. The molecule has 0 spiro atoms. The Morgan fingerprint density at radius 1 is 1.21 bits per heavy atom. The normalized spacial score (nSPS) is 17.3. The number of hydrogen-bond donors (Lipinski definition) is 1. The molecule has 0 radical (unpaired) electrons. The molecule has 0 saturated carbocycles. The van der Waals surface area contributed by atoms with Crippen molar-refractivity contribution in [2.75, 3.05) is 19.6 Å². The largest absolute Gasteiger partial charge is 0.350 e. The molecule has 1 amide bonds. The van der Waals surface area contributed by atoms with E-state index in [9.17, 15) is 4.79 Å². The quantitative estimate of drug-likeness (QED) is 0.717. The van der Waals surface area contributed by atoms with Gasteiger partial charge in [-0.3, -0.25) is 14.3 Å². The summed E-state index contributed by atoms with van der Waals surface area (Å²) in [7, 11) is 0. The molecular weight excluding hydrogens is 350 g/mol. The highest BCUT2D eigenvalue weighted by Gasteiger charge is 2.23. The summed E-state index contributed by atoms with van der Waals surface area (Å²) >= 11 is 0. The molecule has 1 atom stereocenters. The predicted octanol–water partition coefficient (Wildman–Crippen LogP) is 3.20. The molecule has 0 bridgehead atoms. The van der Waals surface area contributed by atoms with Crippen LogP contribution in [-0.2, 0) is 6.42 Å². The van der Waals surface area contributed by atoms with Gasteiger partial charge in [0.1, 0.15) is 11.3 Å². The van der Waals surface area contributed by atoms with Gasteiger partial charge in [-0.05, 0) is 62.3 Å². The summed E-state index contributed by atoms with van der Waals surface area (Å²) in [4.78, 5) is 24.2. The molecule has 146 valence electrons. The number of likely N-dealkylation sites (tertiary alicyclic amines) is 1. The fraction of sp³-hybridized carbons (Fsp3) is 0.409. The number of carbonyl (C=O) groups is 1. The Morgan fingerprint density at radius 2 is 2.04 bits per heavy atom. The van der Waals surface area contributed by atoms with Gasteiger partial charge in [0.25, 0.3) is 5.91 Å². The third-order valence-corrected chi connectivity index (χ3v) is 5.59. The number of pyridine rings is 1. The fourth-order valence-corrected chi connectivity index (χ4v) is 4.08. The second kappa shape index (κ2) is 8.10. The van der Waals surface area contributed by atoms with Gasteiger partial charge in [0.15, 0.2) is 5.65 Å². The van der Waals surface area contributed by atoms with Gasteiger partial charge in [0.05, 0.1) is 0 Å². The zero-order chi connectivity index (χ0) is 19.5. The standard InChI is InChI=1S/C22H27N5O/c1-3-20-25-19-8-5-13-23-21(19)27(20)17-11-9-16(10-12-17)22(28)24-15-18-7-6-14-26(18)4-2/h5,8-13,18H,3-4,6-7,14-15H2,1-2H3,(H,24,28). The number of hydrogen-bond acceptors (Lipinski definition) is 4. The Kier molecular flexibility index (Phi) is 5.39. The van der Waals surface area contributed by atoms with E-state index in [1.807, 2.05) is 36.4 Å². The highest BCUT2D eigenvalue weighted by atomic mass is 16.1. The lowest BCUT2D eigenvalue weighted by molar-refractivity contribution is 0.0941. The van der Waals surface area contributed by atoms with E-state index in [0.29, 0.717) is 18.2 Å². The molecule has 6 nitrogen and oxygen atoms in total. The van der Waals surface area contributed by atoms with Crippen molar-refractivity contribution in [2.45, 2.75) is 39.2 Å². The predicted molar refractivity (Wildman–Crippen MR) is 111 cm³/mol. The van der Waals surface area contributed by atoms with Crippen LogP contribution >= 0.6 is 0 Å². The van der Waals surface area contributed by atoms with Gasteiger partial charge in [0.2, 0.25) is 0 Å². The molecule has 1 aliphatic rings. The number of fused-ring (bicyclic) bond motifs is 1. The van der Waals surface area contributed by atoms with Gasteiger partial charge in [-0.15, -0.1) is 0 Å². The average Bonchev–Trinajstić information content (AvgIpc) is 3.35. The van der Waals surface area contributed by atoms with Crippen molar-refractivity contribution in [3.63, 3.8) is 0 Å². The minimum Gasteiger partial charge on any atom is -0.350 e. The molecule has 1 aliphatic heterocycles. The molecule has 3 aromatic rings. The molecule has 3 heterocycles. The zero-order valence-corrected chi connectivity index (χ0v) is 16.6. The number of aryl methyl sites for hydroxylation is 1. The Labute approximate surface area is 165 Å². The summed E-state index contributed by atoms with van der Waals surface area (Å²) < 4.78 is 2.06. The Balaban J connectivity index is 1.51. The van der Waals surface area contributed by atoms with Crippen LogP contribution in [0.3, 0.4) is 0 Å². The van der Waals surface area contributed by atoms with E-state index in [-0.39, 0.29) is 5.91 Å². The molecule has 1 N–H and O–H groups in total. The number of rotatable bonds is 6. The van der Waals surface area contributed by atoms with E-state index >= 15 is 0 Å². The fourth-order valence-electron chi connectivity index (χ4n) is 4.08. The van der Waals surface area contributed by atoms with Crippen molar-refractivity contribution in [2.24, 2.45) is 0 Å². The highest BCUT2D eigenvalue weighted by molar-refractivity contribution is 5.94. The van der Waals surface area contributed by atoms with E-state index in [1.165, 1.54) is 6.42 Å². The lowest BCUT2D eigenvalue weighted by Crippen LogP contribution is -2.40. The number of benzene rings is 1. The maximum atomic E-state index is 12.6. The van der Waals surface area contributed by atoms with Crippen LogP contribution in [0.2, 0.25) is 0 Å². The topological polar surface area (TPSA) is 63.1 Å². The third kappa shape index (κ3) is 3.52. The molecule has 0 aliphatic carbocycles.